The summed E-state index contributed by atoms with van der Waals surface area (Å²) in [4.78, 5) is 0. The predicted octanol–water partition coefficient (Wildman–Crippen LogP) is 2.97. The van der Waals surface area contributed by atoms with E-state index >= 15 is 0 Å². The van der Waals surface area contributed by atoms with Crippen LogP contribution in [0.1, 0.15) is 40.8 Å². The Morgan fingerprint density at radius 1 is 1.06 bits per heavy atom. The molecule has 1 heterocycles. The zero-order valence-corrected chi connectivity index (χ0v) is 11.6. The van der Waals surface area contributed by atoms with Crippen LogP contribution in [0.15, 0.2) is 6.07 Å². The SMILES string of the molecule is Cc1cc(C)c(C)c(C2CNCC(C)O2)c1C. The maximum atomic E-state index is 6.08. The van der Waals surface area contributed by atoms with Gasteiger partial charge in [0, 0.05) is 13.1 Å². The fourth-order valence-electron chi connectivity index (χ4n) is 2.69. The molecule has 1 N–H and O–H groups in total. The van der Waals surface area contributed by atoms with Gasteiger partial charge in [-0.15, -0.1) is 0 Å². The molecular weight excluding hydrogens is 210 g/mol. The summed E-state index contributed by atoms with van der Waals surface area (Å²) in [6.45, 7) is 12.8. The Morgan fingerprint density at radius 3 is 2.18 bits per heavy atom. The zero-order valence-electron chi connectivity index (χ0n) is 11.6. The van der Waals surface area contributed by atoms with Crippen LogP contribution in [0.25, 0.3) is 0 Å². The van der Waals surface area contributed by atoms with Gasteiger partial charge in [0.05, 0.1) is 12.2 Å². The predicted molar refractivity (Wildman–Crippen MR) is 71.5 cm³/mol. The van der Waals surface area contributed by atoms with E-state index in [1.165, 1.54) is 27.8 Å². The molecule has 1 fully saturated rings. The van der Waals surface area contributed by atoms with Gasteiger partial charge in [-0.2, -0.15) is 0 Å². The van der Waals surface area contributed by atoms with Gasteiger partial charge >= 0.3 is 0 Å². The van der Waals surface area contributed by atoms with Crippen LogP contribution < -0.4 is 5.32 Å². The summed E-state index contributed by atoms with van der Waals surface area (Å²) in [5.41, 5.74) is 6.89. The van der Waals surface area contributed by atoms with Crippen LogP contribution in [-0.4, -0.2) is 19.2 Å². The van der Waals surface area contributed by atoms with E-state index in [0.717, 1.165) is 13.1 Å². The molecule has 2 unspecified atom stereocenters. The fraction of sp³-hybridized carbons (Fsp3) is 0.600. The third-order valence-electron chi connectivity index (χ3n) is 3.90. The molecule has 1 aromatic rings. The quantitative estimate of drug-likeness (QED) is 0.805. The minimum Gasteiger partial charge on any atom is -0.368 e. The Hall–Kier alpha value is -0.860. The van der Waals surface area contributed by atoms with E-state index in [4.69, 9.17) is 4.74 Å². The summed E-state index contributed by atoms with van der Waals surface area (Å²) in [6, 6.07) is 2.27. The molecule has 0 aromatic heterocycles. The summed E-state index contributed by atoms with van der Waals surface area (Å²) < 4.78 is 6.08. The first-order valence-corrected chi connectivity index (χ1v) is 6.44. The Balaban J connectivity index is 2.43. The summed E-state index contributed by atoms with van der Waals surface area (Å²) in [5.74, 6) is 0. The largest absolute Gasteiger partial charge is 0.368 e. The van der Waals surface area contributed by atoms with Gasteiger partial charge in [-0.05, 0) is 62.4 Å². The number of hydrogen-bond acceptors (Lipinski definition) is 2. The van der Waals surface area contributed by atoms with Gasteiger partial charge in [-0.3, -0.25) is 0 Å². The van der Waals surface area contributed by atoms with Gasteiger partial charge in [-0.1, -0.05) is 6.07 Å². The zero-order chi connectivity index (χ0) is 12.6. The molecule has 2 rings (SSSR count). The standard InChI is InChI=1S/C15H23NO/c1-9-6-10(2)13(5)15(12(9)4)14-8-16-7-11(3)17-14/h6,11,14,16H,7-8H2,1-5H3. The lowest BCUT2D eigenvalue weighted by atomic mass is 9.90. The molecule has 1 saturated heterocycles. The highest BCUT2D eigenvalue weighted by Gasteiger charge is 2.24. The van der Waals surface area contributed by atoms with Crippen molar-refractivity contribution in [2.24, 2.45) is 0 Å². The number of ether oxygens (including phenoxy) is 1. The highest BCUT2D eigenvalue weighted by molar-refractivity contribution is 5.45. The van der Waals surface area contributed by atoms with Crippen molar-refractivity contribution in [1.82, 2.24) is 5.32 Å². The molecule has 2 heteroatoms. The van der Waals surface area contributed by atoms with E-state index in [1.54, 1.807) is 0 Å². The normalized spacial score (nSPS) is 25.0. The molecule has 0 aliphatic carbocycles. The second-order valence-corrected chi connectivity index (χ2v) is 5.27. The van der Waals surface area contributed by atoms with Crippen molar-refractivity contribution in [3.63, 3.8) is 0 Å². The average molecular weight is 233 g/mol. The Labute approximate surface area is 104 Å². The minimum atomic E-state index is 0.206. The van der Waals surface area contributed by atoms with Gasteiger partial charge in [0.2, 0.25) is 0 Å². The molecule has 0 radical (unpaired) electrons. The average Bonchev–Trinajstić information content (AvgIpc) is 2.27. The molecule has 2 atom stereocenters. The topological polar surface area (TPSA) is 21.3 Å². The molecule has 17 heavy (non-hydrogen) atoms. The monoisotopic (exact) mass is 233 g/mol. The van der Waals surface area contributed by atoms with Crippen LogP contribution >= 0.6 is 0 Å². The van der Waals surface area contributed by atoms with Crippen molar-refractivity contribution in [3.05, 3.63) is 33.9 Å². The highest BCUT2D eigenvalue weighted by Crippen LogP contribution is 2.31. The van der Waals surface area contributed by atoms with Crippen molar-refractivity contribution in [2.75, 3.05) is 13.1 Å². The Morgan fingerprint density at radius 2 is 1.65 bits per heavy atom. The summed E-state index contributed by atoms with van der Waals surface area (Å²) >= 11 is 0. The number of benzene rings is 1. The second kappa shape index (κ2) is 4.79. The van der Waals surface area contributed by atoms with Gasteiger partial charge < -0.3 is 10.1 Å². The van der Waals surface area contributed by atoms with Gasteiger partial charge in [0.25, 0.3) is 0 Å². The van der Waals surface area contributed by atoms with Crippen LogP contribution in [-0.2, 0) is 4.74 Å². The van der Waals surface area contributed by atoms with E-state index in [0.29, 0.717) is 6.10 Å². The van der Waals surface area contributed by atoms with E-state index in [2.05, 4.69) is 46.0 Å². The van der Waals surface area contributed by atoms with E-state index < -0.39 is 0 Å². The van der Waals surface area contributed by atoms with Crippen molar-refractivity contribution in [2.45, 2.75) is 46.8 Å². The molecule has 1 aromatic carbocycles. The van der Waals surface area contributed by atoms with Gasteiger partial charge in [0.1, 0.15) is 0 Å². The van der Waals surface area contributed by atoms with Crippen LogP contribution in [0, 0.1) is 27.7 Å². The third-order valence-corrected chi connectivity index (χ3v) is 3.90. The maximum absolute atomic E-state index is 6.08. The highest BCUT2D eigenvalue weighted by atomic mass is 16.5. The molecule has 0 saturated carbocycles. The van der Waals surface area contributed by atoms with Crippen molar-refractivity contribution < 1.29 is 4.74 Å². The van der Waals surface area contributed by atoms with Crippen molar-refractivity contribution in [3.8, 4) is 0 Å². The first kappa shape index (κ1) is 12.6. The molecular formula is C15H23NO. The number of rotatable bonds is 1. The van der Waals surface area contributed by atoms with Gasteiger partial charge in [0.15, 0.2) is 0 Å². The summed E-state index contributed by atoms with van der Waals surface area (Å²) in [6.07, 6.45) is 0.505. The first-order valence-electron chi connectivity index (χ1n) is 6.44. The molecule has 0 spiro atoms. The molecule has 1 aliphatic rings. The maximum Gasteiger partial charge on any atom is 0.0958 e. The minimum absolute atomic E-state index is 0.206. The Kier molecular flexibility index (Phi) is 3.55. The molecule has 94 valence electrons. The number of nitrogens with one attached hydrogen (secondary N) is 1. The van der Waals surface area contributed by atoms with Crippen LogP contribution in [0.5, 0.6) is 0 Å². The molecule has 2 nitrogen and oxygen atoms in total. The van der Waals surface area contributed by atoms with E-state index in [-0.39, 0.29) is 6.10 Å². The summed E-state index contributed by atoms with van der Waals surface area (Å²) in [5, 5.41) is 3.45. The first-order chi connectivity index (χ1) is 8.00. The fourth-order valence-corrected chi connectivity index (χ4v) is 2.69. The van der Waals surface area contributed by atoms with Crippen LogP contribution in [0.2, 0.25) is 0 Å². The summed E-state index contributed by atoms with van der Waals surface area (Å²) in [7, 11) is 0. The van der Waals surface area contributed by atoms with Crippen molar-refractivity contribution >= 4 is 0 Å². The third kappa shape index (κ3) is 2.38. The lowest BCUT2D eigenvalue weighted by Crippen LogP contribution is -2.39. The number of aryl methyl sites for hydroxylation is 2. The number of morpholine rings is 1. The smallest absolute Gasteiger partial charge is 0.0958 e. The molecule has 0 bridgehead atoms. The van der Waals surface area contributed by atoms with E-state index in [1.807, 2.05) is 0 Å². The molecule has 1 aliphatic heterocycles. The lowest BCUT2D eigenvalue weighted by molar-refractivity contribution is -0.0293. The van der Waals surface area contributed by atoms with Crippen molar-refractivity contribution in [1.29, 1.82) is 0 Å². The number of hydrogen-bond donors (Lipinski definition) is 1. The van der Waals surface area contributed by atoms with Gasteiger partial charge in [-0.25, -0.2) is 0 Å². The lowest BCUT2D eigenvalue weighted by Gasteiger charge is -2.32. The van der Waals surface area contributed by atoms with Crippen LogP contribution in [0.3, 0.4) is 0 Å². The Bertz CT molecular complexity index is 399. The van der Waals surface area contributed by atoms with E-state index in [9.17, 15) is 0 Å². The van der Waals surface area contributed by atoms with Crippen LogP contribution in [0.4, 0.5) is 0 Å². The molecule has 0 amide bonds. The second-order valence-electron chi connectivity index (χ2n) is 5.27.